The van der Waals surface area contributed by atoms with Gasteiger partial charge in [0.05, 0.1) is 30.6 Å². The number of hydrogen-bond acceptors (Lipinski definition) is 8. The number of esters is 1. The monoisotopic (exact) mass is 681 g/mol. The van der Waals surface area contributed by atoms with Crippen LogP contribution in [0.1, 0.15) is 64.9 Å². The van der Waals surface area contributed by atoms with Gasteiger partial charge in [0.25, 0.3) is 0 Å². The van der Waals surface area contributed by atoms with Crippen molar-refractivity contribution in [2.45, 2.75) is 76.3 Å². The topological polar surface area (TPSA) is 88.6 Å². The van der Waals surface area contributed by atoms with Gasteiger partial charge in [0, 0.05) is 38.9 Å². The zero-order valence-corrected chi connectivity index (χ0v) is 29.7. The molecule has 1 aliphatic rings. The summed E-state index contributed by atoms with van der Waals surface area (Å²) in [4.78, 5) is 15.9. The summed E-state index contributed by atoms with van der Waals surface area (Å²) >= 11 is 0. The van der Waals surface area contributed by atoms with E-state index in [1.54, 1.807) is 43.4 Å². The predicted octanol–water partition coefficient (Wildman–Crippen LogP) is 7.98. The minimum Gasteiger partial charge on any atom is -0.497 e. The van der Waals surface area contributed by atoms with Crippen LogP contribution in [0.3, 0.4) is 0 Å². The molecule has 0 spiro atoms. The van der Waals surface area contributed by atoms with Gasteiger partial charge in [0.1, 0.15) is 16.9 Å². The van der Waals surface area contributed by atoms with Crippen LogP contribution in [0.5, 0.6) is 11.5 Å². The number of benzene rings is 3. The molecule has 0 saturated heterocycles. The van der Waals surface area contributed by atoms with Crippen molar-refractivity contribution in [3.8, 4) is 11.5 Å². The fraction of sp³-hybridized carbons (Fsp3) is 0.432. The number of carbonyl (C=O) groups excluding carboxylic acids is 1. The van der Waals surface area contributed by atoms with Crippen LogP contribution >= 0.6 is 0 Å². The summed E-state index contributed by atoms with van der Waals surface area (Å²) in [6, 6.07) is 20.5. The summed E-state index contributed by atoms with van der Waals surface area (Å²) in [7, 11) is 0.966. The number of carbonyl (C=O) groups is 1. The van der Waals surface area contributed by atoms with E-state index in [4.69, 9.17) is 14.2 Å². The van der Waals surface area contributed by atoms with Crippen LogP contribution in [0.4, 0.5) is 21.5 Å². The zero-order valence-electron chi connectivity index (χ0n) is 28.9. The van der Waals surface area contributed by atoms with Crippen molar-refractivity contribution in [1.29, 1.82) is 0 Å². The summed E-state index contributed by atoms with van der Waals surface area (Å²) in [5, 5.41) is 0. The quantitative estimate of drug-likeness (QED) is 0.0907. The van der Waals surface area contributed by atoms with E-state index in [0.717, 1.165) is 36.9 Å². The molecule has 0 aliphatic carbocycles. The molecule has 1 aliphatic heterocycles. The maximum absolute atomic E-state index is 15.3. The molecule has 3 aromatic rings. The molecule has 260 valence electrons. The van der Waals surface area contributed by atoms with E-state index < -0.39 is 27.4 Å². The molecule has 0 saturated carbocycles. The molecule has 0 bridgehead atoms. The lowest BCUT2D eigenvalue weighted by atomic mass is 9.85. The zero-order chi connectivity index (χ0) is 34.9. The van der Waals surface area contributed by atoms with Gasteiger partial charge in [0.2, 0.25) is 15.9 Å². The Labute approximate surface area is 284 Å². The summed E-state index contributed by atoms with van der Waals surface area (Å²) in [5.41, 5.74) is 1.90. The molecule has 0 aromatic heterocycles. The molecule has 0 N–H and O–H groups in total. The fourth-order valence-corrected chi connectivity index (χ4v) is 8.12. The third-order valence-electron chi connectivity index (χ3n) is 8.67. The number of rotatable bonds is 15. The van der Waals surface area contributed by atoms with E-state index in [2.05, 4.69) is 18.7 Å². The Bertz CT molecular complexity index is 1650. The highest BCUT2D eigenvalue weighted by Gasteiger charge is 2.49. The standard InChI is InChI=1S/C37H48FN3O6S/c1-7-10-21-37(22-11-8-2)27-40(29-15-13-12-14-16-29)33-23-32(39(4)5)34(47-26-31(38)36(42)46-9-3)24-35(33)48(43,44)41(37)25-28-17-19-30(45-6)20-18-28/h12-20,23-24,26H,7-11,21-22,25,27H2,1-6H3/b31-26-. The van der Waals surface area contributed by atoms with Crippen molar-refractivity contribution >= 4 is 33.1 Å². The van der Waals surface area contributed by atoms with Crippen LogP contribution in [0.2, 0.25) is 0 Å². The number of methoxy groups -OCH3 is 1. The number of fused-ring (bicyclic) bond motifs is 1. The van der Waals surface area contributed by atoms with E-state index in [1.165, 1.54) is 6.07 Å². The van der Waals surface area contributed by atoms with Gasteiger partial charge in [0.15, 0.2) is 5.75 Å². The number of halogens is 1. The lowest BCUT2D eigenvalue weighted by Crippen LogP contribution is -2.55. The molecular weight excluding hydrogens is 633 g/mol. The summed E-state index contributed by atoms with van der Waals surface area (Å²) in [5.74, 6) is -1.63. The number of unbranched alkanes of at least 4 members (excludes halogenated alkanes) is 2. The highest BCUT2D eigenvalue weighted by molar-refractivity contribution is 7.89. The average Bonchev–Trinajstić information content (AvgIpc) is 3.16. The van der Waals surface area contributed by atoms with Crippen molar-refractivity contribution in [3.63, 3.8) is 0 Å². The van der Waals surface area contributed by atoms with Gasteiger partial charge < -0.3 is 24.0 Å². The number of para-hydroxylation sites is 1. The van der Waals surface area contributed by atoms with Gasteiger partial charge in [-0.1, -0.05) is 69.9 Å². The Balaban J connectivity index is 2.02. The van der Waals surface area contributed by atoms with E-state index >= 15 is 8.42 Å². The molecular formula is C37H48FN3O6S. The fourth-order valence-electron chi connectivity index (χ4n) is 6.13. The second-order valence-electron chi connectivity index (χ2n) is 12.2. The highest BCUT2D eigenvalue weighted by Crippen LogP contribution is 2.48. The average molecular weight is 682 g/mol. The maximum Gasteiger partial charge on any atom is 0.370 e. The molecule has 48 heavy (non-hydrogen) atoms. The first-order valence-electron chi connectivity index (χ1n) is 16.5. The van der Waals surface area contributed by atoms with Gasteiger partial charge in [-0.2, -0.15) is 8.70 Å². The number of ether oxygens (including phenoxy) is 3. The second-order valence-corrected chi connectivity index (χ2v) is 14.0. The predicted molar refractivity (Wildman–Crippen MR) is 188 cm³/mol. The van der Waals surface area contributed by atoms with Crippen LogP contribution in [0.15, 0.2) is 83.7 Å². The molecule has 0 atom stereocenters. The number of nitrogens with zero attached hydrogens (tertiary/aromatic N) is 3. The third kappa shape index (κ3) is 8.13. The number of sulfonamides is 1. The SMILES string of the molecule is CCCCC1(CCCC)CN(c2ccccc2)c2cc(N(C)C)c(O/C=C(\F)C(=O)OCC)cc2S(=O)(=O)N1Cc1ccc(OC)cc1. The van der Waals surface area contributed by atoms with Crippen molar-refractivity contribution in [2.24, 2.45) is 0 Å². The lowest BCUT2D eigenvalue weighted by Gasteiger charge is -2.44. The van der Waals surface area contributed by atoms with E-state index in [0.29, 0.717) is 42.8 Å². The molecule has 0 radical (unpaired) electrons. The number of anilines is 3. The summed E-state index contributed by atoms with van der Waals surface area (Å²) < 4.78 is 62.7. The van der Waals surface area contributed by atoms with Crippen molar-refractivity contribution in [1.82, 2.24) is 4.31 Å². The van der Waals surface area contributed by atoms with Crippen molar-refractivity contribution in [2.75, 3.05) is 44.2 Å². The van der Waals surface area contributed by atoms with Crippen molar-refractivity contribution < 1.29 is 31.8 Å². The van der Waals surface area contributed by atoms with E-state index in [1.807, 2.05) is 54.6 Å². The van der Waals surface area contributed by atoms with Gasteiger partial charge in [-0.05, 0) is 55.7 Å². The van der Waals surface area contributed by atoms with Crippen LogP contribution < -0.4 is 19.3 Å². The molecule has 4 rings (SSSR count). The minimum atomic E-state index is -4.22. The molecule has 3 aromatic carbocycles. The molecule has 1 heterocycles. The normalized spacial score (nSPS) is 15.7. The number of hydrogen-bond donors (Lipinski definition) is 0. The highest BCUT2D eigenvalue weighted by atomic mass is 32.2. The van der Waals surface area contributed by atoms with Crippen LogP contribution in [0.25, 0.3) is 0 Å². The summed E-state index contributed by atoms with van der Waals surface area (Å²) in [6.07, 6.45) is 5.47. The Kier molecular flexibility index (Phi) is 12.5. The molecule has 0 fully saturated rings. The first-order valence-corrected chi connectivity index (χ1v) is 18.0. The van der Waals surface area contributed by atoms with Gasteiger partial charge in [-0.3, -0.25) is 0 Å². The lowest BCUT2D eigenvalue weighted by molar-refractivity contribution is -0.140. The van der Waals surface area contributed by atoms with Gasteiger partial charge in [-0.25, -0.2) is 13.2 Å². The van der Waals surface area contributed by atoms with Crippen LogP contribution in [-0.2, 0) is 26.1 Å². The third-order valence-corrected chi connectivity index (χ3v) is 10.6. The smallest absolute Gasteiger partial charge is 0.370 e. The van der Waals surface area contributed by atoms with E-state index in [-0.39, 0.29) is 23.8 Å². The first-order chi connectivity index (χ1) is 23.0. The van der Waals surface area contributed by atoms with Gasteiger partial charge in [-0.15, -0.1) is 0 Å². The minimum absolute atomic E-state index is 0.00269. The summed E-state index contributed by atoms with van der Waals surface area (Å²) in [6.45, 7) is 6.37. The Morgan fingerprint density at radius 3 is 2.19 bits per heavy atom. The Hall–Kier alpha value is -4.09. The van der Waals surface area contributed by atoms with Crippen LogP contribution in [-0.4, -0.2) is 58.6 Å². The first kappa shape index (κ1) is 36.7. The van der Waals surface area contributed by atoms with Gasteiger partial charge >= 0.3 is 5.97 Å². The molecule has 11 heteroatoms. The molecule has 0 unspecified atom stereocenters. The second kappa shape index (κ2) is 16.3. The van der Waals surface area contributed by atoms with E-state index in [9.17, 15) is 9.18 Å². The van der Waals surface area contributed by atoms with Crippen molar-refractivity contribution in [3.05, 3.63) is 84.4 Å². The largest absolute Gasteiger partial charge is 0.497 e. The Morgan fingerprint density at radius 2 is 1.62 bits per heavy atom. The Morgan fingerprint density at radius 1 is 0.979 bits per heavy atom. The molecule has 9 nitrogen and oxygen atoms in total. The van der Waals surface area contributed by atoms with Crippen LogP contribution in [0, 0.1) is 0 Å². The molecule has 0 amide bonds. The maximum atomic E-state index is 15.3.